The fraction of sp³-hybridized carbons (Fsp3) is 0.318. The van der Waals surface area contributed by atoms with E-state index in [-0.39, 0.29) is 36.1 Å². The predicted octanol–water partition coefficient (Wildman–Crippen LogP) is 3.92. The lowest BCUT2D eigenvalue weighted by molar-refractivity contribution is -0.142. The zero-order valence-corrected chi connectivity index (χ0v) is 17.7. The summed E-state index contributed by atoms with van der Waals surface area (Å²) in [5.74, 6) is -0.624. The molecule has 2 unspecified atom stereocenters. The molecule has 0 aromatic heterocycles. The van der Waals surface area contributed by atoms with E-state index in [1.807, 2.05) is 49.4 Å². The van der Waals surface area contributed by atoms with Gasteiger partial charge in [-0.15, -0.1) is 0 Å². The molecular formula is C22H21IN2O3. The lowest BCUT2D eigenvalue weighted by Crippen LogP contribution is -2.47. The quantitative estimate of drug-likeness (QED) is 0.474. The van der Waals surface area contributed by atoms with Crippen LogP contribution in [-0.4, -0.2) is 28.7 Å². The molecule has 2 fully saturated rings. The molecule has 4 rings (SSSR count). The molecule has 0 radical (unpaired) electrons. The fourth-order valence-corrected chi connectivity index (χ4v) is 4.10. The molecular weight excluding hydrogens is 467 g/mol. The highest BCUT2D eigenvalue weighted by molar-refractivity contribution is 14.1. The highest BCUT2D eigenvalue weighted by Gasteiger charge is 2.48. The molecule has 2 aromatic carbocycles. The average molecular weight is 488 g/mol. The summed E-state index contributed by atoms with van der Waals surface area (Å²) in [4.78, 5) is 41.9. The molecule has 1 aliphatic heterocycles. The van der Waals surface area contributed by atoms with Gasteiger partial charge in [-0.05, 0) is 72.2 Å². The molecule has 0 N–H and O–H groups in total. The Hall–Kier alpha value is -2.22. The monoisotopic (exact) mass is 488 g/mol. The number of amides is 3. The summed E-state index contributed by atoms with van der Waals surface area (Å²) in [7, 11) is 0. The van der Waals surface area contributed by atoms with Crippen LogP contribution in [0.15, 0.2) is 54.6 Å². The predicted molar refractivity (Wildman–Crippen MR) is 114 cm³/mol. The maximum Gasteiger partial charge on any atom is 0.257 e. The van der Waals surface area contributed by atoms with Crippen molar-refractivity contribution >= 4 is 46.0 Å². The fourth-order valence-electron chi connectivity index (χ4n) is 3.74. The van der Waals surface area contributed by atoms with Gasteiger partial charge in [-0.2, -0.15) is 0 Å². The standard InChI is InChI=1S/C22H21IN2O3/c1-14(15-5-3-2-4-6-15)24(21(27)16-7-8-16)19-13-20(26)25(22(19)28)18-11-9-17(23)10-12-18/h2-6,9-12,14,16,19H,7-8,13H2,1H3. The number of anilines is 1. The Morgan fingerprint density at radius 3 is 2.32 bits per heavy atom. The van der Waals surface area contributed by atoms with Gasteiger partial charge in [-0.3, -0.25) is 14.4 Å². The molecule has 2 aliphatic rings. The first-order valence-corrected chi connectivity index (χ1v) is 10.5. The Morgan fingerprint density at radius 1 is 1.07 bits per heavy atom. The van der Waals surface area contributed by atoms with Crippen LogP contribution >= 0.6 is 22.6 Å². The molecule has 144 valence electrons. The van der Waals surface area contributed by atoms with Crippen molar-refractivity contribution in [2.24, 2.45) is 5.92 Å². The van der Waals surface area contributed by atoms with Gasteiger partial charge in [0.05, 0.1) is 18.2 Å². The lowest BCUT2D eigenvalue weighted by Gasteiger charge is -2.33. The van der Waals surface area contributed by atoms with Crippen molar-refractivity contribution in [1.82, 2.24) is 4.90 Å². The van der Waals surface area contributed by atoms with E-state index < -0.39 is 6.04 Å². The third kappa shape index (κ3) is 3.57. The molecule has 5 nitrogen and oxygen atoms in total. The number of hydrogen-bond donors (Lipinski definition) is 0. The van der Waals surface area contributed by atoms with Crippen molar-refractivity contribution in [3.8, 4) is 0 Å². The van der Waals surface area contributed by atoms with E-state index >= 15 is 0 Å². The van der Waals surface area contributed by atoms with E-state index in [0.717, 1.165) is 22.0 Å². The van der Waals surface area contributed by atoms with E-state index in [9.17, 15) is 14.4 Å². The number of carbonyl (C=O) groups excluding carboxylic acids is 3. The zero-order chi connectivity index (χ0) is 19.8. The molecule has 1 heterocycles. The molecule has 2 aromatic rings. The highest BCUT2D eigenvalue weighted by atomic mass is 127. The van der Waals surface area contributed by atoms with Gasteiger partial charge in [0.1, 0.15) is 6.04 Å². The third-order valence-corrected chi connectivity index (χ3v) is 6.14. The second-order valence-corrected chi connectivity index (χ2v) is 8.62. The molecule has 0 spiro atoms. The summed E-state index contributed by atoms with van der Waals surface area (Å²) in [6.45, 7) is 1.93. The van der Waals surface area contributed by atoms with Crippen LogP contribution in [0.25, 0.3) is 0 Å². The van der Waals surface area contributed by atoms with Crippen LogP contribution in [0.3, 0.4) is 0 Å². The molecule has 1 saturated heterocycles. The van der Waals surface area contributed by atoms with Gasteiger partial charge >= 0.3 is 0 Å². The van der Waals surface area contributed by atoms with Gasteiger partial charge in [0.15, 0.2) is 0 Å². The first kappa shape index (κ1) is 19.1. The molecule has 3 amide bonds. The SMILES string of the molecule is CC(c1ccccc1)N(C(=O)C1CC1)C1CC(=O)N(c2ccc(I)cc2)C1=O. The van der Waals surface area contributed by atoms with Gasteiger partial charge in [-0.1, -0.05) is 30.3 Å². The largest absolute Gasteiger partial charge is 0.323 e. The van der Waals surface area contributed by atoms with E-state index in [2.05, 4.69) is 22.6 Å². The summed E-state index contributed by atoms with van der Waals surface area (Å²) in [6, 6.07) is 15.9. The van der Waals surface area contributed by atoms with Crippen molar-refractivity contribution in [2.45, 2.75) is 38.3 Å². The minimum absolute atomic E-state index is 0.0213. The maximum atomic E-state index is 13.2. The Kier molecular flexibility index (Phi) is 5.23. The van der Waals surface area contributed by atoms with Gasteiger partial charge in [-0.25, -0.2) is 4.90 Å². The average Bonchev–Trinajstić information content (AvgIpc) is 3.50. The van der Waals surface area contributed by atoms with Gasteiger partial charge in [0.25, 0.3) is 5.91 Å². The molecule has 1 aliphatic carbocycles. The van der Waals surface area contributed by atoms with Crippen LogP contribution < -0.4 is 4.90 Å². The van der Waals surface area contributed by atoms with E-state index in [1.165, 1.54) is 4.90 Å². The lowest BCUT2D eigenvalue weighted by atomic mass is 10.0. The molecule has 6 heteroatoms. The summed E-state index contributed by atoms with van der Waals surface area (Å²) < 4.78 is 1.03. The number of hydrogen-bond acceptors (Lipinski definition) is 3. The second-order valence-electron chi connectivity index (χ2n) is 7.37. The number of carbonyl (C=O) groups is 3. The summed E-state index contributed by atoms with van der Waals surface area (Å²) >= 11 is 2.18. The number of imide groups is 1. The van der Waals surface area contributed by atoms with Crippen molar-refractivity contribution in [3.05, 3.63) is 63.7 Å². The Bertz CT molecular complexity index is 909. The smallest absolute Gasteiger partial charge is 0.257 e. The Labute approximate surface area is 177 Å². The van der Waals surface area contributed by atoms with Crippen LogP contribution in [0.1, 0.15) is 37.8 Å². The molecule has 2 atom stereocenters. The molecule has 28 heavy (non-hydrogen) atoms. The summed E-state index contributed by atoms with van der Waals surface area (Å²) in [5.41, 5.74) is 1.52. The normalized spacial score (nSPS) is 20.4. The van der Waals surface area contributed by atoms with Crippen molar-refractivity contribution < 1.29 is 14.4 Å². The summed E-state index contributed by atoms with van der Waals surface area (Å²) in [6.07, 6.45) is 1.74. The summed E-state index contributed by atoms with van der Waals surface area (Å²) in [5, 5.41) is 0. The van der Waals surface area contributed by atoms with E-state index in [4.69, 9.17) is 0 Å². The van der Waals surface area contributed by atoms with Crippen molar-refractivity contribution in [1.29, 1.82) is 0 Å². The van der Waals surface area contributed by atoms with Gasteiger partial charge in [0.2, 0.25) is 11.8 Å². The zero-order valence-electron chi connectivity index (χ0n) is 15.5. The number of rotatable bonds is 5. The van der Waals surface area contributed by atoms with Crippen molar-refractivity contribution in [3.63, 3.8) is 0 Å². The number of nitrogens with zero attached hydrogens (tertiary/aromatic N) is 2. The molecule has 0 bridgehead atoms. The first-order chi connectivity index (χ1) is 13.5. The Morgan fingerprint density at radius 2 is 1.71 bits per heavy atom. The van der Waals surface area contributed by atoms with Crippen LogP contribution in [0, 0.1) is 9.49 Å². The highest BCUT2D eigenvalue weighted by Crippen LogP contribution is 2.38. The van der Waals surface area contributed by atoms with Gasteiger partial charge < -0.3 is 4.90 Å². The topological polar surface area (TPSA) is 57.7 Å². The van der Waals surface area contributed by atoms with E-state index in [0.29, 0.717) is 5.69 Å². The van der Waals surface area contributed by atoms with Crippen LogP contribution in [0.2, 0.25) is 0 Å². The van der Waals surface area contributed by atoms with Crippen LogP contribution in [-0.2, 0) is 14.4 Å². The first-order valence-electron chi connectivity index (χ1n) is 9.47. The molecule has 1 saturated carbocycles. The number of benzene rings is 2. The minimum atomic E-state index is -0.755. The third-order valence-electron chi connectivity index (χ3n) is 5.42. The van der Waals surface area contributed by atoms with E-state index in [1.54, 1.807) is 17.0 Å². The number of halogens is 1. The van der Waals surface area contributed by atoms with Gasteiger partial charge in [0, 0.05) is 9.49 Å². The van der Waals surface area contributed by atoms with Crippen LogP contribution in [0.4, 0.5) is 5.69 Å². The van der Waals surface area contributed by atoms with Crippen LogP contribution in [0.5, 0.6) is 0 Å². The minimum Gasteiger partial charge on any atom is -0.323 e. The second kappa shape index (κ2) is 7.66. The van der Waals surface area contributed by atoms with Crippen molar-refractivity contribution in [2.75, 3.05) is 4.90 Å². The maximum absolute atomic E-state index is 13.2. The Balaban J connectivity index is 1.66.